The Morgan fingerprint density at radius 1 is 1.13 bits per heavy atom. The molecule has 0 radical (unpaired) electrons. The van der Waals surface area contributed by atoms with E-state index in [0.29, 0.717) is 36.6 Å². The van der Waals surface area contributed by atoms with Crippen LogP contribution in [0.15, 0.2) is 40.0 Å². The van der Waals surface area contributed by atoms with E-state index in [-0.39, 0.29) is 28.2 Å². The molecule has 3 aliphatic rings. The van der Waals surface area contributed by atoms with Crippen LogP contribution in [0.25, 0.3) is 0 Å². The van der Waals surface area contributed by atoms with Crippen molar-refractivity contribution in [2.24, 2.45) is 5.92 Å². The average molecular weight is 429 g/mol. The van der Waals surface area contributed by atoms with Crippen LogP contribution in [0.3, 0.4) is 0 Å². The van der Waals surface area contributed by atoms with Gasteiger partial charge in [-0.25, -0.2) is 8.42 Å². The lowest BCUT2D eigenvalue weighted by molar-refractivity contribution is -0.122. The van der Waals surface area contributed by atoms with E-state index in [1.54, 1.807) is 36.6 Å². The van der Waals surface area contributed by atoms with Gasteiger partial charge in [0.25, 0.3) is 11.5 Å². The van der Waals surface area contributed by atoms with Crippen molar-refractivity contribution in [2.45, 2.75) is 43.7 Å². The maximum Gasteiger partial charge on any atom is 0.265 e. The van der Waals surface area contributed by atoms with E-state index < -0.39 is 16.1 Å². The molecule has 1 N–H and O–H groups in total. The molecule has 8 nitrogen and oxygen atoms in total. The van der Waals surface area contributed by atoms with Crippen LogP contribution in [-0.2, 0) is 21.4 Å². The van der Waals surface area contributed by atoms with E-state index in [0.717, 1.165) is 12.1 Å². The molecule has 4 heterocycles. The molecular formula is C21H23N3O5S. The fourth-order valence-corrected chi connectivity index (χ4v) is 6.59. The first-order valence-corrected chi connectivity index (χ1v) is 11.5. The van der Waals surface area contributed by atoms with Crippen LogP contribution in [0.5, 0.6) is 5.75 Å². The molecular weight excluding hydrogens is 406 g/mol. The number of piperidine rings is 1. The highest BCUT2D eigenvalue weighted by atomic mass is 32.2. The molecule has 1 aromatic carbocycles. The summed E-state index contributed by atoms with van der Waals surface area (Å²) in [5.74, 6) is 0.199. The number of fused-ring (bicyclic) bond motifs is 5. The second-order valence-corrected chi connectivity index (χ2v) is 10.3. The molecule has 3 atom stereocenters. The molecule has 0 saturated carbocycles. The first-order chi connectivity index (χ1) is 14.2. The number of carbonyl (C=O) groups is 1. The minimum atomic E-state index is -3.76. The molecule has 0 aliphatic carbocycles. The predicted octanol–water partition coefficient (Wildman–Crippen LogP) is 1.68. The molecule has 9 heteroatoms. The summed E-state index contributed by atoms with van der Waals surface area (Å²) in [6.07, 6.45) is 0.200. The zero-order valence-corrected chi connectivity index (χ0v) is 17.6. The summed E-state index contributed by atoms with van der Waals surface area (Å²) in [7, 11) is -3.76. The van der Waals surface area contributed by atoms with E-state index in [4.69, 9.17) is 4.74 Å². The van der Waals surface area contributed by atoms with Gasteiger partial charge in [-0.05, 0) is 43.9 Å². The molecule has 1 unspecified atom stereocenters. The average Bonchev–Trinajstić information content (AvgIpc) is 2.69. The Kier molecular flexibility index (Phi) is 4.30. The lowest BCUT2D eigenvalue weighted by Gasteiger charge is -2.42. The van der Waals surface area contributed by atoms with Gasteiger partial charge in [0.15, 0.2) is 6.10 Å². The first-order valence-electron chi connectivity index (χ1n) is 10.1. The summed E-state index contributed by atoms with van der Waals surface area (Å²) in [5.41, 5.74) is 1.91. The zero-order chi connectivity index (χ0) is 21.2. The number of sulfonamides is 1. The van der Waals surface area contributed by atoms with Gasteiger partial charge in [-0.15, -0.1) is 0 Å². The summed E-state index contributed by atoms with van der Waals surface area (Å²) in [6.45, 7) is 4.60. The lowest BCUT2D eigenvalue weighted by Crippen LogP contribution is -2.49. The fourth-order valence-electron chi connectivity index (χ4n) is 4.81. The number of nitrogens with zero attached hydrogens (tertiary/aromatic N) is 2. The van der Waals surface area contributed by atoms with Gasteiger partial charge >= 0.3 is 0 Å². The number of nitrogens with one attached hydrogen (secondary N) is 1. The van der Waals surface area contributed by atoms with E-state index >= 15 is 0 Å². The van der Waals surface area contributed by atoms with Crippen molar-refractivity contribution in [3.63, 3.8) is 0 Å². The Morgan fingerprint density at radius 2 is 1.93 bits per heavy atom. The summed E-state index contributed by atoms with van der Waals surface area (Å²) in [4.78, 5) is 24.2. The van der Waals surface area contributed by atoms with Crippen LogP contribution in [0.1, 0.15) is 30.5 Å². The molecule has 2 bridgehead atoms. The summed E-state index contributed by atoms with van der Waals surface area (Å²) < 4.78 is 36.1. The number of benzene rings is 1. The summed E-state index contributed by atoms with van der Waals surface area (Å²) >= 11 is 0. The van der Waals surface area contributed by atoms with Crippen molar-refractivity contribution in [1.29, 1.82) is 0 Å². The number of ether oxygens (including phenoxy) is 1. The number of pyridine rings is 1. The van der Waals surface area contributed by atoms with Crippen molar-refractivity contribution >= 4 is 21.6 Å². The smallest absolute Gasteiger partial charge is 0.265 e. The van der Waals surface area contributed by atoms with Gasteiger partial charge in [-0.2, -0.15) is 4.31 Å². The third kappa shape index (κ3) is 2.95. The Labute approximate surface area is 174 Å². The van der Waals surface area contributed by atoms with Gasteiger partial charge in [-0.1, -0.05) is 6.07 Å². The van der Waals surface area contributed by atoms with Crippen LogP contribution in [0.4, 0.5) is 5.69 Å². The van der Waals surface area contributed by atoms with Crippen LogP contribution >= 0.6 is 0 Å². The Morgan fingerprint density at radius 3 is 2.73 bits per heavy atom. The van der Waals surface area contributed by atoms with Crippen molar-refractivity contribution < 1.29 is 17.9 Å². The normalized spacial score (nSPS) is 25.7. The maximum absolute atomic E-state index is 13.6. The molecule has 158 valence electrons. The van der Waals surface area contributed by atoms with E-state index in [9.17, 15) is 18.0 Å². The van der Waals surface area contributed by atoms with Crippen molar-refractivity contribution in [1.82, 2.24) is 8.87 Å². The van der Waals surface area contributed by atoms with Crippen LogP contribution in [0, 0.1) is 12.8 Å². The minimum absolute atomic E-state index is 0.00494. The van der Waals surface area contributed by atoms with E-state index in [1.807, 2.05) is 6.07 Å². The molecule has 2 aromatic rings. The van der Waals surface area contributed by atoms with Crippen LogP contribution in [0.2, 0.25) is 0 Å². The molecule has 1 saturated heterocycles. The third-order valence-corrected chi connectivity index (χ3v) is 8.25. The quantitative estimate of drug-likeness (QED) is 0.783. The van der Waals surface area contributed by atoms with Crippen molar-refractivity contribution in [3.8, 4) is 5.75 Å². The van der Waals surface area contributed by atoms with Gasteiger partial charge < -0.3 is 14.6 Å². The first kappa shape index (κ1) is 19.3. The van der Waals surface area contributed by atoms with Gasteiger partial charge in [-0.3, -0.25) is 9.59 Å². The van der Waals surface area contributed by atoms with Gasteiger partial charge in [0.1, 0.15) is 5.75 Å². The monoisotopic (exact) mass is 429 g/mol. The highest BCUT2D eigenvalue weighted by Crippen LogP contribution is 2.39. The standard InChI is InChI=1S/C21H23N3O5S/c1-12-6-16-18(29-13(2)21(26)22-16)8-19(12)30(27,28)23-9-14-7-15(11-23)17-4-3-5-20(25)24(17)10-14/h3-6,8,13-15H,7,9-11H2,1-2H3,(H,22,26)/t13?,14-,15+/m1/s1. The Bertz CT molecular complexity index is 1220. The SMILES string of the molecule is Cc1cc2c(cc1S(=O)(=O)N1C[C@H]3C[C@@H](C1)c1cccc(=O)n1C3)OC(C)C(=O)N2. The number of anilines is 1. The van der Waals surface area contributed by atoms with Crippen molar-refractivity contribution in [2.75, 3.05) is 18.4 Å². The van der Waals surface area contributed by atoms with Gasteiger partial charge in [0, 0.05) is 43.4 Å². The number of amides is 1. The number of rotatable bonds is 2. The topological polar surface area (TPSA) is 97.7 Å². The number of hydrogen-bond acceptors (Lipinski definition) is 5. The Hall–Kier alpha value is -2.65. The second-order valence-electron chi connectivity index (χ2n) is 8.38. The number of aryl methyl sites for hydroxylation is 1. The highest BCUT2D eigenvalue weighted by molar-refractivity contribution is 7.89. The van der Waals surface area contributed by atoms with E-state index in [1.165, 1.54) is 10.4 Å². The van der Waals surface area contributed by atoms with Crippen LogP contribution in [-0.4, -0.2) is 42.4 Å². The molecule has 3 aliphatic heterocycles. The summed E-state index contributed by atoms with van der Waals surface area (Å²) in [5, 5.41) is 2.75. The zero-order valence-electron chi connectivity index (χ0n) is 16.8. The van der Waals surface area contributed by atoms with Crippen molar-refractivity contribution in [3.05, 3.63) is 51.9 Å². The van der Waals surface area contributed by atoms with Gasteiger partial charge in [0.05, 0.1) is 10.6 Å². The number of carbonyl (C=O) groups excluding carboxylic acids is 1. The lowest BCUT2D eigenvalue weighted by atomic mass is 9.84. The predicted molar refractivity (Wildman–Crippen MR) is 110 cm³/mol. The molecule has 30 heavy (non-hydrogen) atoms. The molecule has 0 spiro atoms. The minimum Gasteiger partial charge on any atom is -0.479 e. The fraction of sp³-hybridized carbons (Fsp3) is 0.429. The largest absolute Gasteiger partial charge is 0.479 e. The van der Waals surface area contributed by atoms with Crippen LogP contribution < -0.4 is 15.6 Å². The maximum atomic E-state index is 13.6. The molecule has 1 amide bonds. The molecule has 1 aromatic heterocycles. The second kappa shape index (κ2) is 6.68. The number of hydrogen-bond donors (Lipinski definition) is 1. The highest BCUT2D eigenvalue weighted by Gasteiger charge is 2.40. The number of aromatic nitrogens is 1. The van der Waals surface area contributed by atoms with E-state index in [2.05, 4.69) is 5.32 Å². The molecule has 5 rings (SSSR count). The Balaban J connectivity index is 1.51. The third-order valence-electron chi connectivity index (χ3n) is 6.27. The van der Waals surface area contributed by atoms with Gasteiger partial charge in [0.2, 0.25) is 10.0 Å². The molecule has 1 fully saturated rings. The summed E-state index contributed by atoms with van der Waals surface area (Å²) in [6, 6.07) is 8.36.